The van der Waals surface area contributed by atoms with E-state index in [4.69, 9.17) is 10.00 Å². The quantitative estimate of drug-likeness (QED) is 0.765. The Hall–Kier alpha value is -1.86. The molecule has 0 heterocycles. The summed E-state index contributed by atoms with van der Waals surface area (Å²) in [6.07, 6.45) is 1.09. The highest BCUT2D eigenvalue weighted by Gasteiger charge is 2.05. The Bertz CT molecular complexity index is 410. The fourth-order valence-corrected chi connectivity index (χ4v) is 1.38. The van der Waals surface area contributed by atoms with Crippen LogP contribution in [0, 0.1) is 11.3 Å². The molecule has 1 amide bonds. The van der Waals surface area contributed by atoms with Crippen LogP contribution in [0.25, 0.3) is 0 Å². The minimum Gasteiger partial charge on any atom is -0.382 e. The Kier molecular flexibility index (Phi) is 5.76. The summed E-state index contributed by atoms with van der Waals surface area (Å²) in [6, 6.07) is 8.99. The van der Waals surface area contributed by atoms with Gasteiger partial charge in [0.2, 0.25) is 5.91 Å². The number of nitrogens with one attached hydrogen (secondary N) is 1. The van der Waals surface area contributed by atoms with E-state index in [1.807, 2.05) is 13.0 Å². The van der Waals surface area contributed by atoms with Crippen molar-refractivity contribution < 1.29 is 9.53 Å². The molecule has 0 aliphatic carbocycles. The predicted octanol–water partition coefficient (Wildman–Crippen LogP) is 2.31. The van der Waals surface area contributed by atoms with Crippen molar-refractivity contribution in [3.05, 3.63) is 29.8 Å². The predicted molar refractivity (Wildman–Crippen MR) is 65.5 cm³/mol. The summed E-state index contributed by atoms with van der Waals surface area (Å²) in [5, 5.41) is 11.6. The summed E-state index contributed by atoms with van der Waals surface area (Å²) >= 11 is 0. The summed E-state index contributed by atoms with van der Waals surface area (Å²) in [4.78, 5) is 11.6. The van der Waals surface area contributed by atoms with Crippen LogP contribution in [0.2, 0.25) is 0 Å². The standard InChI is InChI=1S/C13H16N2O2/c1-2-17-9-5-8-13(16)15-12-7-4-3-6-11(12)10-14/h3-4,6-7H,2,5,8-9H2,1H3,(H,15,16). The number of hydrogen-bond acceptors (Lipinski definition) is 3. The van der Waals surface area contributed by atoms with Gasteiger partial charge in [0, 0.05) is 19.6 Å². The van der Waals surface area contributed by atoms with Gasteiger partial charge in [-0.2, -0.15) is 5.26 Å². The Morgan fingerprint density at radius 2 is 2.24 bits per heavy atom. The molecule has 0 radical (unpaired) electrons. The molecule has 1 aromatic rings. The van der Waals surface area contributed by atoms with Crippen molar-refractivity contribution in [1.82, 2.24) is 0 Å². The normalized spacial score (nSPS) is 9.65. The van der Waals surface area contributed by atoms with Crippen LogP contribution in [0.3, 0.4) is 0 Å². The molecule has 0 fully saturated rings. The molecule has 0 saturated heterocycles. The zero-order chi connectivity index (χ0) is 12.5. The van der Waals surface area contributed by atoms with E-state index in [9.17, 15) is 4.79 Å². The Balaban J connectivity index is 2.43. The lowest BCUT2D eigenvalue weighted by atomic mass is 10.2. The first-order valence-corrected chi connectivity index (χ1v) is 5.64. The van der Waals surface area contributed by atoms with Crippen molar-refractivity contribution >= 4 is 11.6 Å². The van der Waals surface area contributed by atoms with E-state index in [2.05, 4.69) is 5.32 Å². The van der Waals surface area contributed by atoms with Crippen molar-refractivity contribution in [2.24, 2.45) is 0 Å². The molecule has 0 spiro atoms. The number of carbonyl (C=O) groups excluding carboxylic acids is 1. The largest absolute Gasteiger partial charge is 0.382 e. The number of nitrogens with zero attached hydrogens (tertiary/aromatic N) is 1. The summed E-state index contributed by atoms with van der Waals surface area (Å²) in [7, 11) is 0. The first-order chi connectivity index (χ1) is 8.27. The average Bonchev–Trinajstić information content (AvgIpc) is 2.35. The molecule has 1 N–H and O–H groups in total. The van der Waals surface area contributed by atoms with Gasteiger partial charge in [0.1, 0.15) is 6.07 Å². The van der Waals surface area contributed by atoms with Gasteiger partial charge in [0.25, 0.3) is 0 Å². The van der Waals surface area contributed by atoms with Gasteiger partial charge in [0.05, 0.1) is 11.3 Å². The average molecular weight is 232 g/mol. The molecular weight excluding hydrogens is 216 g/mol. The molecule has 0 saturated carbocycles. The monoisotopic (exact) mass is 232 g/mol. The lowest BCUT2D eigenvalue weighted by Gasteiger charge is -2.06. The molecule has 17 heavy (non-hydrogen) atoms. The van der Waals surface area contributed by atoms with Crippen LogP contribution >= 0.6 is 0 Å². The number of rotatable bonds is 6. The molecule has 0 aliphatic rings. The Morgan fingerprint density at radius 1 is 1.47 bits per heavy atom. The van der Waals surface area contributed by atoms with E-state index in [-0.39, 0.29) is 5.91 Å². The molecule has 0 aliphatic heterocycles. The third kappa shape index (κ3) is 4.66. The number of anilines is 1. The van der Waals surface area contributed by atoms with E-state index >= 15 is 0 Å². The van der Waals surface area contributed by atoms with Gasteiger partial charge in [-0.3, -0.25) is 4.79 Å². The molecule has 4 heteroatoms. The van der Waals surface area contributed by atoms with Crippen molar-refractivity contribution in [2.45, 2.75) is 19.8 Å². The van der Waals surface area contributed by atoms with Crippen LogP contribution in [0.1, 0.15) is 25.3 Å². The second-order valence-electron chi connectivity index (χ2n) is 3.51. The zero-order valence-electron chi connectivity index (χ0n) is 9.90. The highest BCUT2D eigenvalue weighted by atomic mass is 16.5. The number of carbonyl (C=O) groups is 1. The van der Waals surface area contributed by atoms with Crippen LogP contribution in [0.4, 0.5) is 5.69 Å². The molecule has 0 atom stereocenters. The minimum absolute atomic E-state index is 0.0904. The molecular formula is C13H16N2O2. The first kappa shape index (κ1) is 13.2. The maximum absolute atomic E-state index is 11.6. The Morgan fingerprint density at radius 3 is 2.94 bits per heavy atom. The van der Waals surface area contributed by atoms with E-state index in [1.165, 1.54) is 0 Å². The maximum atomic E-state index is 11.6. The summed E-state index contributed by atoms with van der Waals surface area (Å²) < 4.78 is 5.15. The van der Waals surface area contributed by atoms with Gasteiger partial charge in [-0.15, -0.1) is 0 Å². The van der Waals surface area contributed by atoms with Gasteiger partial charge in [-0.1, -0.05) is 12.1 Å². The van der Waals surface area contributed by atoms with Gasteiger partial charge < -0.3 is 10.1 Å². The van der Waals surface area contributed by atoms with Crippen molar-refractivity contribution in [2.75, 3.05) is 18.5 Å². The third-order valence-corrected chi connectivity index (χ3v) is 2.22. The van der Waals surface area contributed by atoms with Crippen LogP contribution in [0.15, 0.2) is 24.3 Å². The molecule has 90 valence electrons. The van der Waals surface area contributed by atoms with E-state index < -0.39 is 0 Å². The smallest absolute Gasteiger partial charge is 0.224 e. The molecule has 0 unspecified atom stereocenters. The third-order valence-electron chi connectivity index (χ3n) is 2.22. The van der Waals surface area contributed by atoms with Gasteiger partial charge in [-0.25, -0.2) is 0 Å². The van der Waals surface area contributed by atoms with Crippen LogP contribution in [-0.4, -0.2) is 19.1 Å². The van der Waals surface area contributed by atoms with Crippen LogP contribution in [0.5, 0.6) is 0 Å². The molecule has 4 nitrogen and oxygen atoms in total. The second kappa shape index (κ2) is 7.42. The van der Waals surface area contributed by atoms with E-state index in [0.29, 0.717) is 37.3 Å². The molecule has 1 rings (SSSR count). The zero-order valence-corrected chi connectivity index (χ0v) is 9.90. The number of amides is 1. The number of para-hydroxylation sites is 1. The van der Waals surface area contributed by atoms with Crippen molar-refractivity contribution in [1.29, 1.82) is 5.26 Å². The van der Waals surface area contributed by atoms with E-state index in [1.54, 1.807) is 24.3 Å². The number of benzene rings is 1. The van der Waals surface area contributed by atoms with Crippen molar-refractivity contribution in [3.63, 3.8) is 0 Å². The molecule has 0 aromatic heterocycles. The number of ether oxygens (including phenoxy) is 1. The summed E-state index contributed by atoms with van der Waals surface area (Å²) in [6.45, 7) is 3.17. The second-order valence-corrected chi connectivity index (χ2v) is 3.51. The Labute approximate surface area is 101 Å². The lowest BCUT2D eigenvalue weighted by molar-refractivity contribution is -0.116. The summed E-state index contributed by atoms with van der Waals surface area (Å²) in [5.74, 6) is -0.0904. The highest BCUT2D eigenvalue weighted by molar-refractivity contribution is 5.92. The maximum Gasteiger partial charge on any atom is 0.224 e. The fraction of sp³-hybridized carbons (Fsp3) is 0.385. The van der Waals surface area contributed by atoms with Crippen molar-refractivity contribution in [3.8, 4) is 6.07 Å². The van der Waals surface area contributed by atoms with Gasteiger partial charge in [0.15, 0.2) is 0 Å². The fourth-order valence-electron chi connectivity index (χ4n) is 1.38. The minimum atomic E-state index is -0.0904. The first-order valence-electron chi connectivity index (χ1n) is 5.64. The van der Waals surface area contributed by atoms with Crippen LogP contribution in [-0.2, 0) is 9.53 Å². The van der Waals surface area contributed by atoms with Crippen LogP contribution < -0.4 is 5.32 Å². The molecule has 1 aromatic carbocycles. The van der Waals surface area contributed by atoms with E-state index in [0.717, 1.165) is 0 Å². The molecule has 0 bridgehead atoms. The lowest BCUT2D eigenvalue weighted by Crippen LogP contribution is -2.13. The topological polar surface area (TPSA) is 62.1 Å². The summed E-state index contributed by atoms with van der Waals surface area (Å²) in [5.41, 5.74) is 1.04. The van der Waals surface area contributed by atoms with Gasteiger partial charge in [-0.05, 0) is 25.5 Å². The highest BCUT2D eigenvalue weighted by Crippen LogP contribution is 2.13. The SMILES string of the molecule is CCOCCCC(=O)Nc1ccccc1C#N. The van der Waals surface area contributed by atoms with Gasteiger partial charge >= 0.3 is 0 Å². The number of nitriles is 1. The number of hydrogen-bond donors (Lipinski definition) is 1.